The van der Waals surface area contributed by atoms with Gasteiger partial charge in [0, 0.05) is 22.9 Å². The molecule has 76 valence electrons. The van der Waals surface area contributed by atoms with Crippen molar-refractivity contribution in [3.05, 3.63) is 18.5 Å². The van der Waals surface area contributed by atoms with Crippen LogP contribution in [0.2, 0.25) is 0 Å². The number of nitrogen functional groups attached to an aromatic ring is 1. The lowest BCUT2D eigenvalue weighted by Crippen LogP contribution is -2.23. The Morgan fingerprint density at radius 1 is 1.64 bits per heavy atom. The van der Waals surface area contributed by atoms with Crippen molar-refractivity contribution in [3.8, 4) is 0 Å². The second kappa shape index (κ2) is 4.66. The maximum absolute atomic E-state index is 5.80. The molecule has 1 saturated heterocycles. The first-order chi connectivity index (χ1) is 6.86. The highest BCUT2D eigenvalue weighted by Crippen LogP contribution is 2.25. The minimum Gasteiger partial charge on any atom is -0.397 e. The molecule has 4 heteroatoms. The largest absolute Gasteiger partial charge is 0.397 e. The van der Waals surface area contributed by atoms with Crippen LogP contribution in [0.4, 0.5) is 5.69 Å². The number of nitrogens with two attached hydrogens (primary N) is 1. The van der Waals surface area contributed by atoms with Gasteiger partial charge in [0.1, 0.15) is 0 Å². The zero-order chi connectivity index (χ0) is 9.80. The summed E-state index contributed by atoms with van der Waals surface area (Å²) < 4.78 is 0. The summed E-state index contributed by atoms with van der Waals surface area (Å²) in [4.78, 5) is 5.12. The molecule has 0 amide bonds. The SMILES string of the molecule is Nc1cnccc1SCC1CCCN1. The Hall–Kier alpha value is -0.740. The van der Waals surface area contributed by atoms with Gasteiger partial charge in [-0.3, -0.25) is 4.98 Å². The van der Waals surface area contributed by atoms with Crippen molar-refractivity contribution in [1.82, 2.24) is 10.3 Å². The van der Waals surface area contributed by atoms with Crippen LogP contribution in [0, 0.1) is 0 Å². The van der Waals surface area contributed by atoms with Crippen molar-refractivity contribution in [3.63, 3.8) is 0 Å². The highest BCUT2D eigenvalue weighted by atomic mass is 32.2. The first-order valence-electron chi connectivity index (χ1n) is 4.92. The van der Waals surface area contributed by atoms with Crippen LogP contribution in [0.15, 0.2) is 23.4 Å². The van der Waals surface area contributed by atoms with E-state index in [-0.39, 0.29) is 0 Å². The molecule has 1 aromatic heterocycles. The first-order valence-corrected chi connectivity index (χ1v) is 5.90. The van der Waals surface area contributed by atoms with Gasteiger partial charge in [0.2, 0.25) is 0 Å². The molecule has 1 aliphatic heterocycles. The minimum absolute atomic E-state index is 0.660. The average Bonchev–Trinajstić information content (AvgIpc) is 2.69. The molecule has 2 heterocycles. The summed E-state index contributed by atoms with van der Waals surface area (Å²) in [5, 5.41) is 3.47. The Labute approximate surface area is 88.5 Å². The number of hydrogen-bond donors (Lipinski definition) is 2. The van der Waals surface area contributed by atoms with Crippen LogP contribution in [-0.2, 0) is 0 Å². The van der Waals surface area contributed by atoms with E-state index >= 15 is 0 Å². The molecular weight excluding hydrogens is 194 g/mol. The average molecular weight is 209 g/mol. The maximum atomic E-state index is 5.80. The zero-order valence-corrected chi connectivity index (χ0v) is 8.89. The van der Waals surface area contributed by atoms with E-state index in [0.717, 1.165) is 22.9 Å². The number of rotatable bonds is 3. The van der Waals surface area contributed by atoms with Crippen molar-refractivity contribution >= 4 is 17.4 Å². The van der Waals surface area contributed by atoms with Crippen LogP contribution in [0.1, 0.15) is 12.8 Å². The third-order valence-electron chi connectivity index (χ3n) is 2.41. The van der Waals surface area contributed by atoms with Crippen molar-refractivity contribution in [2.24, 2.45) is 0 Å². The topological polar surface area (TPSA) is 50.9 Å². The van der Waals surface area contributed by atoms with Gasteiger partial charge in [-0.15, -0.1) is 11.8 Å². The first kappa shape index (κ1) is 9.80. The quantitative estimate of drug-likeness (QED) is 0.741. The second-order valence-corrected chi connectivity index (χ2v) is 4.58. The van der Waals surface area contributed by atoms with E-state index in [1.165, 1.54) is 12.8 Å². The number of hydrogen-bond acceptors (Lipinski definition) is 4. The van der Waals surface area contributed by atoms with Crippen LogP contribution >= 0.6 is 11.8 Å². The van der Waals surface area contributed by atoms with Gasteiger partial charge >= 0.3 is 0 Å². The number of nitrogens with zero attached hydrogens (tertiary/aromatic N) is 1. The summed E-state index contributed by atoms with van der Waals surface area (Å²) in [7, 11) is 0. The Balaban J connectivity index is 1.88. The Kier molecular flexibility index (Phi) is 3.26. The lowest BCUT2D eigenvalue weighted by molar-refractivity contribution is 0.674. The molecule has 0 aliphatic carbocycles. The molecule has 1 atom stereocenters. The van der Waals surface area contributed by atoms with Crippen molar-refractivity contribution < 1.29 is 0 Å². The number of aromatic nitrogens is 1. The molecule has 0 bridgehead atoms. The molecule has 0 radical (unpaired) electrons. The standard InChI is InChI=1S/C10H15N3S/c11-9-6-12-5-3-10(9)14-7-8-2-1-4-13-8/h3,5-6,8,13H,1-2,4,7,11H2. The third-order valence-corrected chi connectivity index (χ3v) is 3.66. The number of nitrogens with one attached hydrogen (secondary N) is 1. The molecule has 1 unspecified atom stereocenters. The molecule has 0 spiro atoms. The summed E-state index contributed by atoms with van der Waals surface area (Å²) in [6, 6.07) is 2.64. The monoisotopic (exact) mass is 209 g/mol. The predicted molar refractivity (Wildman–Crippen MR) is 60.4 cm³/mol. The third kappa shape index (κ3) is 2.39. The van der Waals surface area contributed by atoms with Gasteiger partial charge in [-0.05, 0) is 25.5 Å². The number of anilines is 1. The van der Waals surface area contributed by atoms with Gasteiger partial charge in [-0.25, -0.2) is 0 Å². The molecule has 1 aromatic rings. The molecule has 1 fully saturated rings. The smallest absolute Gasteiger partial charge is 0.0638 e. The van der Waals surface area contributed by atoms with Gasteiger partial charge in [-0.2, -0.15) is 0 Å². The fraction of sp³-hybridized carbons (Fsp3) is 0.500. The fourth-order valence-electron chi connectivity index (χ4n) is 1.61. The van der Waals surface area contributed by atoms with Gasteiger partial charge in [0.05, 0.1) is 11.9 Å². The van der Waals surface area contributed by atoms with E-state index in [4.69, 9.17) is 5.73 Å². The van der Waals surface area contributed by atoms with Crippen molar-refractivity contribution in [2.45, 2.75) is 23.8 Å². The lowest BCUT2D eigenvalue weighted by Gasteiger charge is -2.10. The highest BCUT2D eigenvalue weighted by Gasteiger charge is 2.14. The molecular formula is C10H15N3S. The normalized spacial score (nSPS) is 21.3. The zero-order valence-electron chi connectivity index (χ0n) is 8.07. The van der Waals surface area contributed by atoms with Gasteiger partial charge in [0.25, 0.3) is 0 Å². The van der Waals surface area contributed by atoms with E-state index < -0.39 is 0 Å². The molecule has 3 N–H and O–H groups in total. The lowest BCUT2D eigenvalue weighted by atomic mass is 10.3. The highest BCUT2D eigenvalue weighted by molar-refractivity contribution is 7.99. The Morgan fingerprint density at radius 2 is 2.57 bits per heavy atom. The molecule has 0 aromatic carbocycles. The summed E-state index contributed by atoms with van der Waals surface area (Å²) >= 11 is 1.82. The molecule has 0 saturated carbocycles. The van der Waals surface area contributed by atoms with Crippen LogP contribution in [0.5, 0.6) is 0 Å². The summed E-state index contributed by atoms with van der Waals surface area (Å²) in [5.74, 6) is 1.11. The summed E-state index contributed by atoms with van der Waals surface area (Å²) in [5.41, 5.74) is 6.59. The van der Waals surface area contributed by atoms with Crippen LogP contribution in [-0.4, -0.2) is 23.3 Å². The van der Waals surface area contributed by atoms with E-state index in [2.05, 4.69) is 10.3 Å². The predicted octanol–water partition coefficient (Wildman–Crippen LogP) is 1.51. The van der Waals surface area contributed by atoms with Crippen molar-refractivity contribution in [2.75, 3.05) is 18.0 Å². The number of pyridine rings is 1. The van der Waals surface area contributed by atoms with Crippen molar-refractivity contribution in [1.29, 1.82) is 0 Å². The van der Waals surface area contributed by atoms with E-state index in [1.54, 1.807) is 12.4 Å². The van der Waals surface area contributed by atoms with E-state index in [1.807, 2.05) is 17.8 Å². The number of thioether (sulfide) groups is 1. The van der Waals surface area contributed by atoms with Gasteiger partial charge < -0.3 is 11.1 Å². The summed E-state index contributed by atoms with van der Waals surface area (Å²) in [6.07, 6.45) is 6.10. The van der Waals surface area contributed by atoms with Crippen LogP contribution in [0.25, 0.3) is 0 Å². The second-order valence-electron chi connectivity index (χ2n) is 3.52. The van der Waals surface area contributed by atoms with Gasteiger partial charge in [0.15, 0.2) is 0 Å². The maximum Gasteiger partial charge on any atom is 0.0638 e. The minimum atomic E-state index is 0.660. The van der Waals surface area contributed by atoms with E-state index in [9.17, 15) is 0 Å². The molecule has 1 aliphatic rings. The molecule has 2 rings (SSSR count). The fourth-order valence-corrected chi connectivity index (χ4v) is 2.66. The Morgan fingerprint density at radius 3 is 3.29 bits per heavy atom. The van der Waals surface area contributed by atoms with Crippen LogP contribution < -0.4 is 11.1 Å². The Bertz CT molecular complexity index is 297. The van der Waals surface area contributed by atoms with Crippen LogP contribution in [0.3, 0.4) is 0 Å². The van der Waals surface area contributed by atoms with E-state index in [0.29, 0.717) is 6.04 Å². The molecule has 3 nitrogen and oxygen atoms in total. The summed E-state index contributed by atoms with van der Waals surface area (Å²) in [6.45, 7) is 1.16. The van der Waals surface area contributed by atoms with Gasteiger partial charge in [-0.1, -0.05) is 0 Å². The molecule has 14 heavy (non-hydrogen) atoms.